The molecule has 1 aliphatic rings. The molecule has 0 bridgehead atoms. The summed E-state index contributed by atoms with van der Waals surface area (Å²) in [6.07, 6.45) is -0.146. The van der Waals surface area contributed by atoms with Crippen LogP contribution in [0.5, 0.6) is 0 Å². The molecule has 1 fully saturated rings. The molecule has 1 atom stereocenters. The Hall–Kier alpha value is -0.550. The lowest BCUT2D eigenvalue weighted by Gasteiger charge is -1.83. The monoisotopic (exact) mass is 97.1 g/mol. The van der Waals surface area contributed by atoms with Crippen molar-refractivity contribution in [1.82, 2.24) is 0 Å². The van der Waals surface area contributed by atoms with Gasteiger partial charge in [-0.1, -0.05) is 0 Å². The second kappa shape index (κ2) is 0.988. The van der Waals surface area contributed by atoms with Gasteiger partial charge in [0, 0.05) is 0 Å². The lowest BCUT2D eigenvalue weighted by molar-refractivity contribution is 0.335. The van der Waals surface area contributed by atoms with E-state index in [2.05, 4.69) is 0 Å². The van der Waals surface area contributed by atoms with Gasteiger partial charge >= 0.3 is 0 Å². The molecule has 2 nitrogen and oxygen atoms in total. The van der Waals surface area contributed by atoms with Crippen LogP contribution in [-0.2, 0) is 4.74 Å². The second-order valence-corrected chi connectivity index (χ2v) is 2.23. The first-order chi connectivity index (χ1) is 3.17. The van der Waals surface area contributed by atoms with E-state index in [1.807, 2.05) is 19.9 Å². The Morgan fingerprint density at radius 2 is 2.14 bits per heavy atom. The van der Waals surface area contributed by atoms with E-state index in [9.17, 15) is 0 Å². The maximum absolute atomic E-state index is 8.17. The molecule has 0 radical (unpaired) electrons. The number of hydrogen-bond acceptors (Lipinski definition) is 2. The van der Waals surface area contributed by atoms with Gasteiger partial charge in [-0.3, -0.25) is 0 Å². The Labute approximate surface area is 42.7 Å². The van der Waals surface area contributed by atoms with Gasteiger partial charge in [-0.25, -0.2) is 0 Å². The van der Waals surface area contributed by atoms with Crippen molar-refractivity contribution in [3.63, 3.8) is 0 Å². The molecule has 7 heavy (non-hydrogen) atoms. The highest BCUT2D eigenvalue weighted by Crippen LogP contribution is 2.33. The van der Waals surface area contributed by atoms with E-state index in [0.717, 1.165) is 0 Å². The van der Waals surface area contributed by atoms with Gasteiger partial charge in [0.1, 0.15) is 5.60 Å². The van der Waals surface area contributed by atoms with Crippen LogP contribution in [0.2, 0.25) is 0 Å². The van der Waals surface area contributed by atoms with Crippen LogP contribution >= 0.6 is 0 Å². The van der Waals surface area contributed by atoms with E-state index in [-0.39, 0.29) is 11.7 Å². The van der Waals surface area contributed by atoms with E-state index >= 15 is 0 Å². The van der Waals surface area contributed by atoms with Crippen molar-refractivity contribution in [2.45, 2.75) is 25.6 Å². The minimum absolute atomic E-state index is 0.144. The molecule has 0 saturated carbocycles. The van der Waals surface area contributed by atoms with Crippen molar-refractivity contribution in [3.05, 3.63) is 0 Å². The zero-order valence-electron chi connectivity index (χ0n) is 4.43. The number of epoxide rings is 1. The molecule has 1 aliphatic heterocycles. The molecule has 0 aromatic heterocycles. The van der Waals surface area contributed by atoms with Crippen LogP contribution < -0.4 is 0 Å². The predicted molar refractivity (Wildman–Crippen MR) is 24.6 cm³/mol. The summed E-state index contributed by atoms with van der Waals surface area (Å²) in [7, 11) is 0. The molecular formula is C5H7NO. The largest absolute Gasteiger partial charge is 0.351 e. The zero-order chi connectivity index (χ0) is 5.49. The summed E-state index contributed by atoms with van der Waals surface area (Å²) in [5.74, 6) is 0. The summed E-state index contributed by atoms with van der Waals surface area (Å²) in [5.41, 5.74) is -0.144. The second-order valence-electron chi connectivity index (χ2n) is 2.23. The van der Waals surface area contributed by atoms with Crippen LogP contribution in [0.3, 0.4) is 0 Å². The normalized spacial score (nSPS) is 34.1. The molecule has 0 N–H and O–H groups in total. The maximum atomic E-state index is 8.17. The summed E-state index contributed by atoms with van der Waals surface area (Å²) in [5, 5.41) is 8.17. The van der Waals surface area contributed by atoms with Crippen molar-refractivity contribution in [2.24, 2.45) is 0 Å². The predicted octanol–water partition coefficient (Wildman–Crippen LogP) is 0.687. The smallest absolute Gasteiger partial charge is 0.173 e. The Bertz CT molecular complexity index is 123. The topological polar surface area (TPSA) is 36.3 Å². The molecule has 1 heterocycles. The van der Waals surface area contributed by atoms with Crippen molar-refractivity contribution < 1.29 is 4.74 Å². The van der Waals surface area contributed by atoms with Crippen molar-refractivity contribution in [1.29, 1.82) is 5.26 Å². The number of nitrogens with zero attached hydrogens (tertiary/aromatic N) is 1. The molecule has 0 amide bonds. The third-order valence-electron chi connectivity index (χ3n) is 1.11. The van der Waals surface area contributed by atoms with Gasteiger partial charge in [0.2, 0.25) is 0 Å². The number of ether oxygens (including phenoxy) is 1. The molecule has 0 aromatic carbocycles. The van der Waals surface area contributed by atoms with Gasteiger partial charge < -0.3 is 4.74 Å². The highest BCUT2D eigenvalue weighted by molar-refractivity contribution is 5.08. The molecule has 1 rings (SSSR count). The van der Waals surface area contributed by atoms with Crippen molar-refractivity contribution >= 4 is 0 Å². The van der Waals surface area contributed by atoms with Crippen LogP contribution in [0.25, 0.3) is 0 Å². The first-order valence-electron chi connectivity index (χ1n) is 2.24. The van der Waals surface area contributed by atoms with Crippen LogP contribution in [0.15, 0.2) is 0 Å². The zero-order valence-corrected chi connectivity index (χ0v) is 4.43. The molecule has 0 aliphatic carbocycles. The quantitative estimate of drug-likeness (QED) is 0.417. The minimum Gasteiger partial charge on any atom is -0.351 e. The molecule has 1 unspecified atom stereocenters. The number of rotatable bonds is 0. The Morgan fingerprint density at radius 3 is 2.14 bits per heavy atom. The Kier molecular flexibility index (Phi) is 0.650. The van der Waals surface area contributed by atoms with E-state index < -0.39 is 0 Å². The average molecular weight is 97.1 g/mol. The van der Waals surface area contributed by atoms with Crippen LogP contribution in [0.4, 0.5) is 0 Å². The molecular weight excluding hydrogens is 90.1 g/mol. The molecule has 2 heteroatoms. The van der Waals surface area contributed by atoms with E-state index in [0.29, 0.717) is 0 Å². The van der Waals surface area contributed by atoms with E-state index in [1.165, 1.54) is 0 Å². The highest BCUT2D eigenvalue weighted by atomic mass is 16.6. The third-order valence-corrected chi connectivity index (χ3v) is 1.11. The van der Waals surface area contributed by atoms with Crippen molar-refractivity contribution in [3.8, 4) is 6.07 Å². The van der Waals surface area contributed by atoms with Gasteiger partial charge in [0.25, 0.3) is 0 Å². The van der Waals surface area contributed by atoms with E-state index in [1.54, 1.807) is 0 Å². The molecule has 0 spiro atoms. The fraction of sp³-hybridized carbons (Fsp3) is 0.800. The summed E-state index contributed by atoms with van der Waals surface area (Å²) in [4.78, 5) is 0. The molecule has 38 valence electrons. The van der Waals surface area contributed by atoms with Gasteiger partial charge in [-0.2, -0.15) is 5.26 Å². The van der Waals surface area contributed by atoms with Crippen LogP contribution in [0, 0.1) is 11.3 Å². The van der Waals surface area contributed by atoms with Gasteiger partial charge in [-0.05, 0) is 13.8 Å². The summed E-state index contributed by atoms with van der Waals surface area (Å²) < 4.78 is 4.89. The molecule has 0 aromatic rings. The average Bonchev–Trinajstić information content (AvgIpc) is 2.13. The lowest BCUT2D eigenvalue weighted by atomic mass is 10.2. The first-order valence-corrected chi connectivity index (χ1v) is 2.24. The summed E-state index contributed by atoms with van der Waals surface area (Å²) >= 11 is 0. The minimum atomic E-state index is -0.146. The first kappa shape index (κ1) is 4.61. The number of nitriles is 1. The van der Waals surface area contributed by atoms with Gasteiger partial charge in [0.15, 0.2) is 6.10 Å². The van der Waals surface area contributed by atoms with Gasteiger partial charge in [0.05, 0.1) is 6.07 Å². The lowest BCUT2D eigenvalue weighted by Crippen LogP contribution is -1.99. The highest BCUT2D eigenvalue weighted by Gasteiger charge is 2.48. The fourth-order valence-electron chi connectivity index (χ4n) is 0.452. The van der Waals surface area contributed by atoms with Crippen LogP contribution in [-0.4, -0.2) is 11.7 Å². The van der Waals surface area contributed by atoms with E-state index in [4.69, 9.17) is 10.00 Å². The Balaban J connectivity index is 2.49. The molecule has 1 saturated heterocycles. The van der Waals surface area contributed by atoms with Crippen molar-refractivity contribution in [2.75, 3.05) is 0 Å². The van der Waals surface area contributed by atoms with Gasteiger partial charge in [-0.15, -0.1) is 0 Å². The number of hydrogen-bond donors (Lipinski definition) is 0. The maximum Gasteiger partial charge on any atom is 0.173 e. The fourth-order valence-corrected chi connectivity index (χ4v) is 0.452. The summed E-state index contributed by atoms with van der Waals surface area (Å²) in [6, 6.07) is 2.01. The SMILES string of the molecule is CC1(C)OC1C#N. The third kappa shape index (κ3) is 0.594. The Morgan fingerprint density at radius 1 is 1.71 bits per heavy atom. The standard InChI is InChI=1S/C5H7NO/c1-5(2)4(3-6)7-5/h4H,1-2H3. The summed E-state index contributed by atoms with van der Waals surface area (Å²) in [6.45, 7) is 3.81. The van der Waals surface area contributed by atoms with Crippen LogP contribution in [0.1, 0.15) is 13.8 Å².